The molecule has 0 spiro atoms. The van der Waals surface area contributed by atoms with Gasteiger partial charge in [-0.3, -0.25) is 4.79 Å². The first-order valence-electron chi connectivity index (χ1n) is 5.58. The minimum absolute atomic E-state index is 0.242. The largest absolute Gasteiger partial charge is 0.459 e. The van der Waals surface area contributed by atoms with Gasteiger partial charge in [0.1, 0.15) is 0 Å². The molecule has 1 fully saturated rings. The second-order valence-electron chi connectivity index (χ2n) is 4.15. The van der Waals surface area contributed by atoms with Crippen LogP contribution in [-0.2, 0) is 14.3 Å². The van der Waals surface area contributed by atoms with Gasteiger partial charge in [-0.15, -0.1) is 0 Å². The van der Waals surface area contributed by atoms with Gasteiger partial charge in [0.05, 0.1) is 6.61 Å². The Kier molecular flexibility index (Phi) is 4.12. The summed E-state index contributed by atoms with van der Waals surface area (Å²) in [7, 11) is 0. The van der Waals surface area contributed by atoms with Crippen LogP contribution >= 0.6 is 0 Å². The first-order chi connectivity index (χ1) is 7.13. The standard InChI is InChI=1S/C11H19NO3/c1-3-5-11(6-7-11)8-12-9(13)10(14)15-4-2/h3-8H2,1-2H3,(H,12,13). The molecule has 0 saturated heterocycles. The summed E-state index contributed by atoms with van der Waals surface area (Å²) >= 11 is 0. The lowest BCUT2D eigenvalue weighted by atomic mass is 10.0. The van der Waals surface area contributed by atoms with E-state index in [1.54, 1.807) is 6.92 Å². The van der Waals surface area contributed by atoms with Crippen LogP contribution in [0.15, 0.2) is 0 Å². The average Bonchev–Trinajstić information content (AvgIpc) is 2.96. The monoisotopic (exact) mass is 213 g/mol. The molecule has 0 heterocycles. The fraction of sp³-hybridized carbons (Fsp3) is 0.818. The lowest BCUT2D eigenvalue weighted by molar-refractivity contribution is -0.154. The van der Waals surface area contributed by atoms with Gasteiger partial charge < -0.3 is 10.1 Å². The molecule has 1 saturated carbocycles. The van der Waals surface area contributed by atoms with E-state index in [0.29, 0.717) is 6.54 Å². The van der Waals surface area contributed by atoms with Crippen molar-refractivity contribution in [2.24, 2.45) is 5.41 Å². The molecule has 1 aliphatic carbocycles. The van der Waals surface area contributed by atoms with Gasteiger partial charge in [-0.05, 0) is 31.6 Å². The lowest BCUT2D eigenvalue weighted by Crippen LogP contribution is -2.36. The predicted octanol–water partition coefficient (Wildman–Crippen LogP) is 1.25. The van der Waals surface area contributed by atoms with Crippen LogP contribution in [0.2, 0.25) is 0 Å². The van der Waals surface area contributed by atoms with E-state index < -0.39 is 11.9 Å². The third kappa shape index (κ3) is 3.53. The molecular weight excluding hydrogens is 194 g/mol. The van der Waals surface area contributed by atoms with E-state index in [4.69, 9.17) is 0 Å². The van der Waals surface area contributed by atoms with Gasteiger partial charge >= 0.3 is 11.9 Å². The van der Waals surface area contributed by atoms with Crippen LogP contribution in [0, 0.1) is 5.41 Å². The summed E-state index contributed by atoms with van der Waals surface area (Å²) in [4.78, 5) is 22.2. The normalized spacial score (nSPS) is 16.9. The fourth-order valence-electron chi connectivity index (χ4n) is 1.76. The van der Waals surface area contributed by atoms with Gasteiger partial charge in [-0.25, -0.2) is 4.79 Å². The highest BCUT2D eigenvalue weighted by Gasteiger charge is 2.41. The zero-order valence-electron chi connectivity index (χ0n) is 9.47. The Morgan fingerprint density at radius 2 is 2.00 bits per heavy atom. The van der Waals surface area contributed by atoms with Crippen LogP contribution in [0.3, 0.4) is 0 Å². The molecule has 15 heavy (non-hydrogen) atoms. The van der Waals surface area contributed by atoms with Crippen molar-refractivity contribution in [3.8, 4) is 0 Å². The van der Waals surface area contributed by atoms with Gasteiger partial charge in [0.15, 0.2) is 0 Å². The molecule has 1 amide bonds. The van der Waals surface area contributed by atoms with Crippen LogP contribution in [0.4, 0.5) is 0 Å². The van der Waals surface area contributed by atoms with Crippen molar-refractivity contribution in [2.75, 3.05) is 13.2 Å². The van der Waals surface area contributed by atoms with E-state index in [1.807, 2.05) is 0 Å². The van der Waals surface area contributed by atoms with Crippen LogP contribution in [0.25, 0.3) is 0 Å². The van der Waals surface area contributed by atoms with Crippen molar-refractivity contribution >= 4 is 11.9 Å². The summed E-state index contributed by atoms with van der Waals surface area (Å²) in [6.45, 7) is 4.67. The predicted molar refractivity (Wildman–Crippen MR) is 56.2 cm³/mol. The molecular formula is C11H19NO3. The van der Waals surface area contributed by atoms with Crippen LogP contribution in [0.1, 0.15) is 39.5 Å². The van der Waals surface area contributed by atoms with Gasteiger partial charge in [-0.1, -0.05) is 13.3 Å². The zero-order chi connectivity index (χ0) is 11.3. The number of carbonyl (C=O) groups is 2. The summed E-state index contributed by atoms with van der Waals surface area (Å²) in [5.74, 6) is -1.39. The maximum absolute atomic E-state index is 11.2. The highest BCUT2D eigenvalue weighted by molar-refractivity contribution is 6.32. The highest BCUT2D eigenvalue weighted by atomic mass is 16.5. The van der Waals surface area contributed by atoms with E-state index in [2.05, 4.69) is 17.0 Å². The lowest BCUT2D eigenvalue weighted by Gasteiger charge is -2.14. The molecule has 1 N–H and O–H groups in total. The van der Waals surface area contributed by atoms with Crippen LogP contribution < -0.4 is 5.32 Å². The first kappa shape index (κ1) is 12.0. The highest BCUT2D eigenvalue weighted by Crippen LogP contribution is 2.48. The third-order valence-corrected chi connectivity index (χ3v) is 2.82. The topological polar surface area (TPSA) is 55.4 Å². The van der Waals surface area contributed by atoms with E-state index in [1.165, 1.54) is 0 Å². The number of nitrogens with one attached hydrogen (secondary N) is 1. The fourth-order valence-corrected chi connectivity index (χ4v) is 1.76. The Bertz CT molecular complexity index is 246. The molecule has 1 rings (SSSR count). The minimum atomic E-state index is -0.773. The molecule has 0 aromatic heterocycles. The summed E-state index contributed by atoms with van der Waals surface area (Å²) in [6.07, 6.45) is 4.55. The van der Waals surface area contributed by atoms with Crippen molar-refractivity contribution in [3.63, 3.8) is 0 Å². The summed E-state index contributed by atoms with van der Waals surface area (Å²) in [6, 6.07) is 0. The number of hydrogen-bond acceptors (Lipinski definition) is 3. The molecule has 0 unspecified atom stereocenters. The van der Waals surface area contributed by atoms with Crippen molar-refractivity contribution in [2.45, 2.75) is 39.5 Å². The van der Waals surface area contributed by atoms with Crippen molar-refractivity contribution in [1.82, 2.24) is 5.32 Å². The number of esters is 1. The molecule has 4 heteroatoms. The van der Waals surface area contributed by atoms with E-state index in [9.17, 15) is 9.59 Å². The molecule has 0 aromatic carbocycles. The number of ether oxygens (including phenoxy) is 1. The molecule has 0 radical (unpaired) electrons. The number of amides is 1. The minimum Gasteiger partial charge on any atom is -0.459 e. The Morgan fingerprint density at radius 1 is 1.33 bits per heavy atom. The molecule has 0 aromatic rings. The maximum Gasteiger partial charge on any atom is 0.396 e. The molecule has 1 aliphatic rings. The Hall–Kier alpha value is -1.06. The summed E-state index contributed by atoms with van der Waals surface area (Å²) in [5, 5.41) is 2.64. The molecule has 0 aliphatic heterocycles. The van der Waals surface area contributed by atoms with E-state index in [0.717, 1.165) is 25.7 Å². The third-order valence-electron chi connectivity index (χ3n) is 2.82. The molecule has 4 nitrogen and oxygen atoms in total. The van der Waals surface area contributed by atoms with Gasteiger partial charge in [0.25, 0.3) is 0 Å². The molecule has 0 bridgehead atoms. The van der Waals surface area contributed by atoms with E-state index >= 15 is 0 Å². The second-order valence-corrected chi connectivity index (χ2v) is 4.15. The zero-order valence-corrected chi connectivity index (χ0v) is 9.47. The summed E-state index contributed by atoms with van der Waals surface area (Å²) in [5.41, 5.74) is 0.275. The van der Waals surface area contributed by atoms with Crippen LogP contribution in [-0.4, -0.2) is 25.0 Å². The average molecular weight is 213 g/mol. The number of rotatable bonds is 5. The number of hydrogen-bond donors (Lipinski definition) is 1. The van der Waals surface area contributed by atoms with Crippen molar-refractivity contribution in [3.05, 3.63) is 0 Å². The Labute approximate surface area is 90.4 Å². The smallest absolute Gasteiger partial charge is 0.396 e. The molecule has 0 atom stereocenters. The van der Waals surface area contributed by atoms with Crippen LogP contribution in [0.5, 0.6) is 0 Å². The molecule has 86 valence electrons. The number of carbonyl (C=O) groups excluding carboxylic acids is 2. The Morgan fingerprint density at radius 3 is 2.47 bits per heavy atom. The van der Waals surface area contributed by atoms with E-state index in [-0.39, 0.29) is 12.0 Å². The van der Waals surface area contributed by atoms with Gasteiger partial charge in [0, 0.05) is 6.54 Å². The van der Waals surface area contributed by atoms with Gasteiger partial charge in [0.2, 0.25) is 0 Å². The second kappa shape index (κ2) is 5.14. The van der Waals surface area contributed by atoms with Crippen molar-refractivity contribution in [1.29, 1.82) is 0 Å². The van der Waals surface area contributed by atoms with Crippen molar-refractivity contribution < 1.29 is 14.3 Å². The summed E-state index contributed by atoms with van der Waals surface area (Å²) < 4.78 is 4.60. The quantitative estimate of drug-likeness (QED) is 0.552. The van der Waals surface area contributed by atoms with Gasteiger partial charge in [-0.2, -0.15) is 0 Å². The maximum atomic E-state index is 11.2. The SMILES string of the molecule is CCCC1(CNC(=O)C(=O)OCC)CC1. The first-order valence-corrected chi connectivity index (χ1v) is 5.58. The Balaban J connectivity index is 2.25.